The summed E-state index contributed by atoms with van der Waals surface area (Å²) in [7, 11) is 3.14. The molecule has 0 heterocycles. The zero-order valence-electron chi connectivity index (χ0n) is 13.6. The molecule has 0 atom stereocenters. The Balaban J connectivity index is 1.91. The fourth-order valence-electron chi connectivity index (χ4n) is 2.15. The number of hydrogen-bond acceptors (Lipinski definition) is 4. The number of halogens is 1. The van der Waals surface area contributed by atoms with Crippen molar-refractivity contribution in [3.05, 3.63) is 58.1 Å². The van der Waals surface area contributed by atoms with Crippen LogP contribution in [0.3, 0.4) is 0 Å². The predicted molar refractivity (Wildman–Crippen MR) is 97.7 cm³/mol. The summed E-state index contributed by atoms with van der Waals surface area (Å²) in [6.07, 6.45) is 2.63. The highest BCUT2D eigenvalue weighted by atomic mass is 79.9. The maximum atomic E-state index is 11.8. The fraction of sp³-hybridized carbons (Fsp3) is 0.222. The van der Waals surface area contributed by atoms with Crippen molar-refractivity contribution in [2.45, 2.75) is 12.8 Å². The van der Waals surface area contributed by atoms with Crippen molar-refractivity contribution in [1.82, 2.24) is 5.43 Å². The van der Waals surface area contributed by atoms with Gasteiger partial charge in [-0.1, -0.05) is 30.3 Å². The first-order valence-electron chi connectivity index (χ1n) is 7.41. The van der Waals surface area contributed by atoms with E-state index < -0.39 is 0 Å². The number of ether oxygens (including phenoxy) is 2. The maximum absolute atomic E-state index is 11.8. The van der Waals surface area contributed by atoms with Gasteiger partial charge in [0.05, 0.1) is 24.9 Å². The number of aryl methyl sites for hydroxylation is 1. The number of benzene rings is 2. The van der Waals surface area contributed by atoms with Crippen LogP contribution in [0.4, 0.5) is 0 Å². The Morgan fingerprint density at radius 3 is 2.62 bits per heavy atom. The molecular weight excluding hydrogens is 372 g/mol. The quantitative estimate of drug-likeness (QED) is 0.580. The van der Waals surface area contributed by atoms with Gasteiger partial charge in [-0.05, 0) is 45.6 Å². The SMILES string of the molecule is COc1cc(/C=N\NC(=O)CCc2ccccc2)cc(Br)c1OC. The van der Waals surface area contributed by atoms with E-state index in [-0.39, 0.29) is 5.91 Å². The molecule has 2 rings (SSSR count). The summed E-state index contributed by atoms with van der Waals surface area (Å²) >= 11 is 3.42. The molecule has 0 fully saturated rings. The van der Waals surface area contributed by atoms with Crippen LogP contribution < -0.4 is 14.9 Å². The monoisotopic (exact) mass is 390 g/mol. The number of carbonyl (C=O) groups excluding carboxylic acids is 1. The van der Waals surface area contributed by atoms with Crippen molar-refractivity contribution in [1.29, 1.82) is 0 Å². The number of nitrogens with zero attached hydrogens (tertiary/aromatic N) is 1. The van der Waals surface area contributed by atoms with Gasteiger partial charge >= 0.3 is 0 Å². The third kappa shape index (κ3) is 5.09. The second kappa shape index (κ2) is 9.08. The van der Waals surface area contributed by atoms with E-state index in [1.165, 1.54) is 0 Å². The van der Waals surface area contributed by atoms with Gasteiger partial charge in [-0.2, -0.15) is 5.10 Å². The summed E-state index contributed by atoms with van der Waals surface area (Å²) in [6, 6.07) is 13.5. The topological polar surface area (TPSA) is 59.9 Å². The molecule has 0 unspecified atom stereocenters. The molecule has 2 aromatic rings. The molecule has 0 aliphatic carbocycles. The smallest absolute Gasteiger partial charge is 0.240 e. The standard InChI is InChI=1S/C18H19BrN2O3/c1-23-16-11-14(10-15(19)18(16)24-2)12-20-21-17(22)9-8-13-6-4-3-5-7-13/h3-7,10-12H,8-9H2,1-2H3,(H,21,22)/b20-12-. The molecule has 0 bridgehead atoms. The number of amides is 1. The van der Waals surface area contributed by atoms with Crippen LogP contribution in [0.15, 0.2) is 52.0 Å². The molecule has 0 spiro atoms. The normalized spacial score (nSPS) is 10.6. The van der Waals surface area contributed by atoms with E-state index in [4.69, 9.17) is 9.47 Å². The predicted octanol–water partition coefficient (Wildman–Crippen LogP) is 3.55. The van der Waals surface area contributed by atoms with Gasteiger partial charge in [-0.25, -0.2) is 5.43 Å². The van der Waals surface area contributed by atoms with Gasteiger partial charge in [0.25, 0.3) is 0 Å². The molecule has 2 aromatic carbocycles. The molecule has 5 nitrogen and oxygen atoms in total. The van der Waals surface area contributed by atoms with Crippen LogP contribution in [0.5, 0.6) is 11.5 Å². The maximum Gasteiger partial charge on any atom is 0.240 e. The molecule has 1 amide bonds. The van der Waals surface area contributed by atoms with Crippen LogP contribution in [-0.4, -0.2) is 26.3 Å². The first-order valence-corrected chi connectivity index (χ1v) is 8.20. The second-order valence-electron chi connectivity index (χ2n) is 5.02. The van der Waals surface area contributed by atoms with E-state index in [1.54, 1.807) is 26.5 Å². The Hall–Kier alpha value is -2.34. The van der Waals surface area contributed by atoms with E-state index in [0.717, 1.165) is 15.6 Å². The molecular formula is C18H19BrN2O3. The summed E-state index contributed by atoms with van der Waals surface area (Å²) < 4.78 is 11.3. The summed E-state index contributed by atoms with van der Waals surface area (Å²) in [5.74, 6) is 1.07. The van der Waals surface area contributed by atoms with Crippen LogP contribution in [0, 0.1) is 0 Å². The summed E-state index contributed by atoms with van der Waals surface area (Å²) in [6.45, 7) is 0. The number of hydrogen-bond donors (Lipinski definition) is 1. The molecule has 0 aliphatic heterocycles. The first-order chi connectivity index (χ1) is 11.6. The van der Waals surface area contributed by atoms with Crippen LogP contribution >= 0.6 is 15.9 Å². The lowest BCUT2D eigenvalue weighted by atomic mass is 10.1. The molecule has 1 N–H and O–H groups in total. The van der Waals surface area contributed by atoms with Crippen molar-refractivity contribution in [2.75, 3.05) is 14.2 Å². The van der Waals surface area contributed by atoms with Crippen molar-refractivity contribution < 1.29 is 14.3 Å². The summed E-state index contributed by atoms with van der Waals surface area (Å²) in [5.41, 5.74) is 4.44. The Kier molecular flexibility index (Phi) is 6.81. The number of nitrogens with one attached hydrogen (secondary N) is 1. The third-order valence-corrected chi connectivity index (χ3v) is 3.93. The minimum atomic E-state index is -0.130. The average Bonchev–Trinajstić information content (AvgIpc) is 2.60. The molecule has 6 heteroatoms. The molecule has 0 aromatic heterocycles. The Morgan fingerprint density at radius 2 is 1.96 bits per heavy atom. The van der Waals surface area contributed by atoms with Crippen molar-refractivity contribution in [3.8, 4) is 11.5 Å². The van der Waals surface area contributed by atoms with Gasteiger partial charge in [-0.15, -0.1) is 0 Å². The van der Waals surface area contributed by atoms with Gasteiger partial charge in [0.1, 0.15) is 0 Å². The Morgan fingerprint density at radius 1 is 1.21 bits per heavy atom. The van der Waals surface area contributed by atoms with Gasteiger partial charge < -0.3 is 9.47 Å². The molecule has 0 aliphatic rings. The van der Waals surface area contributed by atoms with E-state index in [2.05, 4.69) is 26.5 Å². The average molecular weight is 391 g/mol. The van der Waals surface area contributed by atoms with Gasteiger partial charge in [-0.3, -0.25) is 4.79 Å². The van der Waals surface area contributed by atoms with E-state index in [0.29, 0.717) is 24.3 Å². The summed E-state index contributed by atoms with van der Waals surface area (Å²) in [5, 5.41) is 3.98. The minimum absolute atomic E-state index is 0.130. The van der Waals surface area contributed by atoms with E-state index in [9.17, 15) is 4.79 Å². The molecule has 0 saturated carbocycles. The minimum Gasteiger partial charge on any atom is -0.493 e. The molecule has 0 radical (unpaired) electrons. The molecule has 126 valence electrons. The first kappa shape index (κ1) is 18.0. The number of hydrazone groups is 1. The lowest BCUT2D eigenvalue weighted by Crippen LogP contribution is -2.17. The number of rotatable bonds is 7. The molecule has 24 heavy (non-hydrogen) atoms. The number of methoxy groups -OCH3 is 2. The molecule has 0 saturated heterocycles. The van der Waals surface area contributed by atoms with Gasteiger partial charge in [0.15, 0.2) is 11.5 Å². The van der Waals surface area contributed by atoms with E-state index >= 15 is 0 Å². The number of carbonyl (C=O) groups is 1. The van der Waals surface area contributed by atoms with Crippen LogP contribution in [0.2, 0.25) is 0 Å². The van der Waals surface area contributed by atoms with Crippen molar-refractivity contribution in [3.63, 3.8) is 0 Å². The van der Waals surface area contributed by atoms with Crippen LogP contribution in [-0.2, 0) is 11.2 Å². The van der Waals surface area contributed by atoms with Crippen LogP contribution in [0.25, 0.3) is 0 Å². The van der Waals surface area contributed by atoms with Crippen molar-refractivity contribution >= 4 is 28.1 Å². The Bertz CT molecular complexity index is 718. The van der Waals surface area contributed by atoms with E-state index in [1.807, 2.05) is 36.4 Å². The highest BCUT2D eigenvalue weighted by molar-refractivity contribution is 9.10. The highest BCUT2D eigenvalue weighted by Gasteiger charge is 2.09. The van der Waals surface area contributed by atoms with Crippen molar-refractivity contribution in [2.24, 2.45) is 5.10 Å². The zero-order chi connectivity index (χ0) is 17.4. The van der Waals surface area contributed by atoms with Gasteiger partial charge in [0.2, 0.25) is 5.91 Å². The highest BCUT2D eigenvalue weighted by Crippen LogP contribution is 2.35. The largest absolute Gasteiger partial charge is 0.493 e. The third-order valence-electron chi connectivity index (χ3n) is 3.34. The lowest BCUT2D eigenvalue weighted by molar-refractivity contribution is -0.121. The Labute approximate surface area is 149 Å². The van der Waals surface area contributed by atoms with Crippen LogP contribution in [0.1, 0.15) is 17.5 Å². The lowest BCUT2D eigenvalue weighted by Gasteiger charge is -2.10. The zero-order valence-corrected chi connectivity index (χ0v) is 15.2. The van der Waals surface area contributed by atoms with Gasteiger partial charge in [0, 0.05) is 6.42 Å². The second-order valence-corrected chi connectivity index (χ2v) is 5.87. The summed E-state index contributed by atoms with van der Waals surface area (Å²) in [4.78, 5) is 11.8. The fourth-order valence-corrected chi connectivity index (χ4v) is 2.77.